The highest BCUT2D eigenvalue weighted by Crippen LogP contribution is 2.10. The van der Waals surface area contributed by atoms with Crippen molar-refractivity contribution in [3.63, 3.8) is 0 Å². The molecule has 0 unspecified atom stereocenters. The zero-order chi connectivity index (χ0) is 17.5. The van der Waals surface area contributed by atoms with Gasteiger partial charge in [0.1, 0.15) is 6.04 Å². The summed E-state index contributed by atoms with van der Waals surface area (Å²) in [6, 6.07) is 16.2. The van der Waals surface area contributed by atoms with Crippen LogP contribution in [0.4, 0.5) is 0 Å². The molecule has 5 heteroatoms. The summed E-state index contributed by atoms with van der Waals surface area (Å²) in [5, 5.41) is 3.48. The summed E-state index contributed by atoms with van der Waals surface area (Å²) in [7, 11) is 3.37. The Morgan fingerprint density at radius 1 is 1.00 bits per heavy atom. The van der Waals surface area contributed by atoms with E-state index in [0.717, 1.165) is 11.1 Å². The lowest BCUT2D eigenvalue weighted by Gasteiger charge is -2.22. The van der Waals surface area contributed by atoms with Crippen LogP contribution in [0.25, 0.3) is 0 Å². The van der Waals surface area contributed by atoms with Gasteiger partial charge in [0.2, 0.25) is 11.8 Å². The van der Waals surface area contributed by atoms with Crippen molar-refractivity contribution in [2.75, 3.05) is 14.1 Å². The number of amides is 2. The molecule has 0 aliphatic carbocycles. The minimum absolute atomic E-state index is 0.122. The summed E-state index contributed by atoms with van der Waals surface area (Å²) in [6.45, 7) is 0. The average Bonchev–Trinajstić information content (AvgIpc) is 2.56. The van der Waals surface area contributed by atoms with E-state index in [1.54, 1.807) is 26.2 Å². The van der Waals surface area contributed by atoms with Gasteiger partial charge in [-0.15, -0.1) is 0 Å². The highest BCUT2D eigenvalue weighted by molar-refractivity contribution is 6.30. The van der Waals surface area contributed by atoms with Crippen LogP contribution < -0.4 is 5.32 Å². The molecule has 0 heterocycles. The van der Waals surface area contributed by atoms with E-state index in [1.165, 1.54) is 4.90 Å². The van der Waals surface area contributed by atoms with Gasteiger partial charge >= 0.3 is 0 Å². The molecule has 0 saturated carbocycles. The minimum Gasteiger partial charge on any atom is -0.347 e. The maximum Gasteiger partial charge on any atom is 0.244 e. The Bertz CT molecular complexity index is 684. The first-order chi connectivity index (χ1) is 11.5. The topological polar surface area (TPSA) is 49.4 Å². The van der Waals surface area contributed by atoms with Crippen LogP contribution in [0.3, 0.4) is 0 Å². The molecule has 4 nitrogen and oxygen atoms in total. The lowest BCUT2D eigenvalue weighted by molar-refractivity contribution is -0.134. The molecular weight excluding hydrogens is 324 g/mol. The Labute approximate surface area is 147 Å². The molecule has 2 aromatic carbocycles. The largest absolute Gasteiger partial charge is 0.347 e. The molecule has 0 aliphatic heterocycles. The van der Waals surface area contributed by atoms with Crippen LogP contribution in [0.5, 0.6) is 0 Å². The Balaban J connectivity index is 2.05. The first-order valence-corrected chi connectivity index (χ1v) is 8.12. The van der Waals surface area contributed by atoms with Gasteiger partial charge in [0.25, 0.3) is 0 Å². The quantitative estimate of drug-likeness (QED) is 0.876. The zero-order valence-corrected chi connectivity index (χ0v) is 14.6. The molecule has 0 aliphatic rings. The van der Waals surface area contributed by atoms with Crippen molar-refractivity contribution in [2.24, 2.45) is 0 Å². The average molecular weight is 345 g/mol. The van der Waals surface area contributed by atoms with Crippen molar-refractivity contribution >= 4 is 23.4 Å². The fourth-order valence-electron chi connectivity index (χ4n) is 2.39. The smallest absolute Gasteiger partial charge is 0.244 e. The number of halogens is 1. The monoisotopic (exact) mass is 344 g/mol. The molecule has 126 valence electrons. The Kier molecular flexibility index (Phi) is 6.38. The molecular formula is C19H21ClN2O2. The van der Waals surface area contributed by atoms with Gasteiger partial charge in [0, 0.05) is 25.5 Å². The molecule has 24 heavy (non-hydrogen) atoms. The van der Waals surface area contributed by atoms with E-state index in [0.29, 0.717) is 11.4 Å². The lowest BCUT2D eigenvalue weighted by atomic mass is 10.0. The highest BCUT2D eigenvalue weighted by Gasteiger charge is 2.22. The molecule has 2 amide bonds. The Hall–Kier alpha value is -2.33. The van der Waals surface area contributed by atoms with E-state index in [4.69, 9.17) is 11.6 Å². The number of nitrogens with one attached hydrogen (secondary N) is 1. The molecule has 1 N–H and O–H groups in total. The second kappa shape index (κ2) is 8.50. The van der Waals surface area contributed by atoms with Crippen LogP contribution in [0.15, 0.2) is 54.6 Å². The summed E-state index contributed by atoms with van der Waals surface area (Å²) >= 11 is 5.85. The number of benzene rings is 2. The third-order valence-corrected chi connectivity index (χ3v) is 3.89. The van der Waals surface area contributed by atoms with Gasteiger partial charge in [-0.05, 0) is 23.3 Å². The normalized spacial score (nSPS) is 11.6. The van der Waals surface area contributed by atoms with Crippen LogP contribution in [-0.2, 0) is 22.4 Å². The number of likely N-dealkylation sites (N-methyl/N-ethyl adjacent to an activating group) is 1. The van der Waals surface area contributed by atoms with E-state index >= 15 is 0 Å². The minimum atomic E-state index is -0.581. The van der Waals surface area contributed by atoms with Crippen LogP contribution in [0, 0.1) is 0 Å². The number of carbonyl (C=O) groups excluding carboxylic acids is 2. The maximum absolute atomic E-state index is 12.4. The maximum atomic E-state index is 12.4. The molecule has 2 rings (SSSR count). The molecule has 0 fully saturated rings. The number of rotatable bonds is 6. The van der Waals surface area contributed by atoms with Crippen LogP contribution in [0.2, 0.25) is 5.02 Å². The SMILES string of the molecule is CN(C)C(=O)[C@H](Cc1ccccc1)NC(=O)Cc1ccc(Cl)cc1. The molecule has 0 saturated heterocycles. The number of nitrogens with zero attached hydrogens (tertiary/aromatic N) is 1. The van der Waals surface area contributed by atoms with Crippen molar-refractivity contribution in [3.05, 3.63) is 70.7 Å². The number of carbonyl (C=O) groups is 2. The first-order valence-electron chi connectivity index (χ1n) is 7.74. The standard InChI is InChI=1S/C19H21ClN2O2/c1-22(2)19(24)17(12-14-6-4-3-5-7-14)21-18(23)13-15-8-10-16(20)11-9-15/h3-11,17H,12-13H2,1-2H3,(H,21,23)/t17-/m0/s1. The van der Waals surface area contributed by atoms with Gasteiger partial charge in [-0.3, -0.25) is 9.59 Å². The van der Waals surface area contributed by atoms with Crippen LogP contribution in [0.1, 0.15) is 11.1 Å². The van der Waals surface area contributed by atoms with Gasteiger partial charge in [-0.1, -0.05) is 54.1 Å². The summed E-state index contributed by atoms with van der Waals surface area (Å²) in [4.78, 5) is 26.2. The van der Waals surface area contributed by atoms with Crippen LogP contribution >= 0.6 is 11.6 Å². The summed E-state index contributed by atoms with van der Waals surface area (Å²) in [6.07, 6.45) is 0.674. The van der Waals surface area contributed by atoms with E-state index in [1.807, 2.05) is 42.5 Å². The lowest BCUT2D eigenvalue weighted by Crippen LogP contribution is -2.48. The van der Waals surface area contributed by atoms with Crippen molar-refractivity contribution in [3.8, 4) is 0 Å². The molecule has 1 atom stereocenters. The third-order valence-electron chi connectivity index (χ3n) is 3.63. The van der Waals surface area contributed by atoms with Crippen LogP contribution in [-0.4, -0.2) is 36.9 Å². The fourth-order valence-corrected chi connectivity index (χ4v) is 2.52. The summed E-state index contributed by atoms with van der Waals surface area (Å²) in [5.41, 5.74) is 1.86. The van der Waals surface area contributed by atoms with E-state index in [2.05, 4.69) is 5.32 Å². The predicted molar refractivity (Wildman–Crippen MR) is 95.9 cm³/mol. The second-order valence-corrected chi connectivity index (χ2v) is 6.28. The van der Waals surface area contributed by atoms with E-state index in [9.17, 15) is 9.59 Å². The molecule has 2 aromatic rings. The number of hydrogen-bond donors (Lipinski definition) is 1. The van der Waals surface area contributed by atoms with Crippen molar-refractivity contribution in [2.45, 2.75) is 18.9 Å². The van der Waals surface area contributed by atoms with E-state index in [-0.39, 0.29) is 18.2 Å². The summed E-state index contributed by atoms with van der Waals surface area (Å²) in [5.74, 6) is -0.309. The first kappa shape index (κ1) is 18.0. The molecule has 0 radical (unpaired) electrons. The number of hydrogen-bond acceptors (Lipinski definition) is 2. The van der Waals surface area contributed by atoms with Gasteiger partial charge in [-0.25, -0.2) is 0 Å². The molecule has 0 spiro atoms. The fraction of sp³-hybridized carbons (Fsp3) is 0.263. The summed E-state index contributed by atoms with van der Waals surface area (Å²) < 4.78 is 0. The molecule has 0 bridgehead atoms. The Morgan fingerprint density at radius 2 is 1.62 bits per heavy atom. The van der Waals surface area contributed by atoms with Gasteiger partial charge < -0.3 is 10.2 Å². The highest BCUT2D eigenvalue weighted by atomic mass is 35.5. The van der Waals surface area contributed by atoms with Crippen molar-refractivity contribution in [1.82, 2.24) is 10.2 Å². The van der Waals surface area contributed by atoms with Crippen molar-refractivity contribution in [1.29, 1.82) is 0 Å². The van der Waals surface area contributed by atoms with Gasteiger partial charge in [0.05, 0.1) is 6.42 Å². The second-order valence-electron chi connectivity index (χ2n) is 5.85. The van der Waals surface area contributed by atoms with Gasteiger partial charge in [-0.2, -0.15) is 0 Å². The van der Waals surface area contributed by atoms with Crippen molar-refractivity contribution < 1.29 is 9.59 Å². The predicted octanol–water partition coefficient (Wildman–Crippen LogP) is 2.70. The Morgan fingerprint density at radius 3 is 2.21 bits per heavy atom. The van der Waals surface area contributed by atoms with Gasteiger partial charge in [0.15, 0.2) is 0 Å². The zero-order valence-electron chi connectivity index (χ0n) is 13.8. The molecule has 0 aromatic heterocycles. The van der Waals surface area contributed by atoms with E-state index < -0.39 is 6.04 Å². The third kappa shape index (κ3) is 5.39.